The summed E-state index contributed by atoms with van der Waals surface area (Å²) in [5, 5.41) is 0.861. The molecule has 0 atom stereocenters. The summed E-state index contributed by atoms with van der Waals surface area (Å²) in [6.07, 6.45) is -3.11. The van der Waals surface area contributed by atoms with Gasteiger partial charge < -0.3 is 11.2 Å². The third-order valence-corrected chi connectivity index (χ3v) is 1.47. The Bertz CT molecular complexity index is 248. The average molecular weight is 195 g/mol. The molecule has 74 valence electrons. The van der Waals surface area contributed by atoms with E-state index in [1.54, 1.807) is 0 Å². The Kier molecular flexibility index (Phi) is 2.46. The second-order valence-electron chi connectivity index (χ2n) is 2.63. The lowest BCUT2D eigenvalue weighted by atomic mass is 10.3. The van der Waals surface area contributed by atoms with Crippen molar-refractivity contribution in [1.29, 1.82) is 0 Å². The molecule has 7 heteroatoms. The predicted molar refractivity (Wildman–Crippen MR) is 38.0 cm³/mol. The number of halogens is 3. The molecule has 3 N–H and O–H groups in total. The van der Waals surface area contributed by atoms with Crippen LogP contribution in [0.3, 0.4) is 0 Å². The number of amides is 1. The van der Waals surface area contributed by atoms with Gasteiger partial charge >= 0.3 is 6.18 Å². The summed E-state index contributed by atoms with van der Waals surface area (Å²) in [6.45, 7) is -1.23. The molecule has 0 fully saturated rings. The van der Waals surface area contributed by atoms with Gasteiger partial charge in [-0.15, -0.1) is 0 Å². The van der Waals surface area contributed by atoms with Gasteiger partial charge in [-0.05, 0) is 0 Å². The molecule has 0 saturated heterocycles. The lowest BCUT2D eigenvalue weighted by Gasteiger charge is -2.17. The van der Waals surface area contributed by atoms with Gasteiger partial charge in [-0.25, -0.2) is 5.01 Å². The van der Waals surface area contributed by atoms with Crippen molar-refractivity contribution in [2.45, 2.75) is 6.18 Å². The summed E-state index contributed by atoms with van der Waals surface area (Å²) >= 11 is 0. The Morgan fingerprint density at radius 2 is 2.31 bits per heavy atom. The van der Waals surface area contributed by atoms with Crippen LogP contribution in [0.4, 0.5) is 13.2 Å². The Balaban J connectivity index is 2.42. The summed E-state index contributed by atoms with van der Waals surface area (Å²) in [5.41, 5.74) is 7.31. The van der Waals surface area contributed by atoms with Crippen LogP contribution in [-0.2, 0) is 4.79 Å². The number of hydrazine groups is 1. The fourth-order valence-corrected chi connectivity index (χ4v) is 0.933. The molecule has 0 bridgehead atoms. The van der Waals surface area contributed by atoms with Gasteiger partial charge in [0.15, 0.2) is 0 Å². The van der Waals surface area contributed by atoms with Crippen LogP contribution in [0.1, 0.15) is 0 Å². The highest BCUT2D eigenvalue weighted by atomic mass is 19.4. The van der Waals surface area contributed by atoms with Crippen LogP contribution in [0.25, 0.3) is 0 Å². The Labute approximate surface area is 72.1 Å². The molecule has 13 heavy (non-hydrogen) atoms. The van der Waals surface area contributed by atoms with E-state index < -0.39 is 18.6 Å². The van der Waals surface area contributed by atoms with Crippen molar-refractivity contribution in [2.24, 2.45) is 5.73 Å². The standard InChI is InChI=1S/C6H8F3N3O/c7-6(8,9)3-12-2-4(1-11-12)5(10)13/h1,11H,2-3H2,(H2,10,13). The van der Waals surface area contributed by atoms with Crippen LogP contribution in [0.2, 0.25) is 0 Å². The molecule has 0 unspecified atom stereocenters. The lowest BCUT2D eigenvalue weighted by molar-refractivity contribution is -0.148. The van der Waals surface area contributed by atoms with Crippen molar-refractivity contribution in [2.75, 3.05) is 13.1 Å². The number of rotatable bonds is 2. The molecule has 0 radical (unpaired) electrons. The van der Waals surface area contributed by atoms with Crippen LogP contribution >= 0.6 is 0 Å². The maximum Gasteiger partial charge on any atom is 0.403 e. The lowest BCUT2D eigenvalue weighted by Crippen LogP contribution is -2.39. The van der Waals surface area contributed by atoms with E-state index in [0.29, 0.717) is 0 Å². The minimum atomic E-state index is -4.28. The number of primary amides is 1. The fourth-order valence-electron chi connectivity index (χ4n) is 0.933. The van der Waals surface area contributed by atoms with Crippen molar-refractivity contribution in [3.05, 3.63) is 11.8 Å². The van der Waals surface area contributed by atoms with E-state index >= 15 is 0 Å². The number of alkyl halides is 3. The maximum absolute atomic E-state index is 11.8. The van der Waals surface area contributed by atoms with E-state index in [-0.39, 0.29) is 12.1 Å². The topological polar surface area (TPSA) is 58.4 Å². The van der Waals surface area contributed by atoms with Gasteiger partial charge in [-0.3, -0.25) is 4.79 Å². The van der Waals surface area contributed by atoms with Gasteiger partial charge in [0, 0.05) is 11.8 Å². The fraction of sp³-hybridized carbons (Fsp3) is 0.500. The van der Waals surface area contributed by atoms with Crippen molar-refractivity contribution in [3.63, 3.8) is 0 Å². The molecule has 1 aliphatic rings. The highest BCUT2D eigenvalue weighted by molar-refractivity contribution is 5.92. The number of hydrogen-bond acceptors (Lipinski definition) is 3. The number of nitrogens with zero attached hydrogens (tertiary/aromatic N) is 1. The summed E-state index contributed by atoms with van der Waals surface area (Å²) in [4.78, 5) is 10.5. The molecule has 1 amide bonds. The third-order valence-electron chi connectivity index (χ3n) is 1.47. The molecule has 0 saturated carbocycles. The molecule has 0 aliphatic carbocycles. The molecule has 0 aromatic rings. The second kappa shape index (κ2) is 3.25. The number of hydrogen-bond donors (Lipinski definition) is 2. The SMILES string of the molecule is NC(=O)C1=CNN(CC(F)(F)F)C1. The number of carbonyl (C=O) groups is 1. The molecular formula is C6H8F3N3O. The van der Waals surface area contributed by atoms with Crippen molar-refractivity contribution >= 4 is 5.91 Å². The first kappa shape index (κ1) is 9.85. The summed E-state index contributed by atoms with van der Waals surface area (Å²) in [5.74, 6) is -0.711. The van der Waals surface area contributed by atoms with E-state index in [1.807, 2.05) is 0 Å². The van der Waals surface area contributed by atoms with Gasteiger partial charge in [-0.1, -0.05) is 0 Å². The molecule has 1 heterocycles. The van der Waals surface area contributed by atoms with E-state index in [0.717, 1.165) is 5.01 Å². The van der Waals surface area contributed by atoms with Gasteiger partial charge in [0.05, 0.1) is 6.54 Å². The summed E-state index contributed by atoms with van der Waals surface area (Å²) in [6, 6.07) is 0. The zero-order valence-electron chi connectivity index (χ0n) is 6.56. The van der Waals surface area contributed by atoms with Crippen LogP contribution in [0.15, 0.2) is 11.8 Å². The van der Waals surface area contributed by atoms with Gasteiger partial charge in [0.1, 0.15) is 6.54 Å². The van der Waals surface area contributed by atoms with Gasteiger partial charge in [-0.2, -0.15) is 13.2 Å². The van der Waals surface area contributed by atoms with Crippen LogP contribution in [-0.4, -0.2) is 30.2 Å². The Hall–Kier alpha value is -1.24. The minimum Gasteiger partial charge on any atom is -0.366 e. The molecular weight excluding hydrogens is 187 g/mol. The maximum atomic E-state index is 11.8. The Morgan fingerprint density at radius 1 is 1.69 bits per heavy atom. The molecule has 0 spiro atoms. The van der Waals surface area contributed by atoms with Crippen molar-refractivity contribution < 1.29 is 18.0 Å². The molecule has 0 aromatic carbocycles. The zero-order valence-corrected chi connectivity index (χ0v) is 6.56. The first-order chi connectivity index (χ1) is 5.88. The first-order valence-corrected chi connectivity index (χ1v) is 3.45. The van der Waals surface area contributed by atoms with Crippen LogP contribution in [0.5, 0.6) is 0 Å². The van der Waals surface area contributed by atoms with Crippen LogP contribution < -0.4 is 11.2 Å². The van der Waals surface area contributed by atoms with E-state index in [1.165, 1.54) is 6.20 Å². The molecule has 1 aliphatic heterocycles. The van der Waals surface area contributed by atoms with Crippen molar-refractivity contribution in [1.82, 2.24) is 10.4 Å². The normalized spacial score (nSPS) is 18.2. The van der Waals surface area contributed by atoms with E-state index in [2.05, 4.69) is 5.43 Å². The zero-order chi connectivity index (χ0) is 10.1. The average Bonchev–Trinajstić information content (AvgIpc) is 2.31. The quantitative estimate of drug-likeness (QED) is 0.638. The Morgan fingerprint density at radius 3 is 2.69 bits per heavy atom. The largest absolute Gasteiger partial charge is 0.403 e. The van der Waals surface area contributed by atoms with Gasteiger partial charge in [0.25, 0.3) is 0 Å². The van der Waals surface area contributed by atoms with Crippen molar-refractivity contribution in [3.8, 4) is 0 Å². The smallest absolute Gasteiger partial charge is 0.366 e. The number of carbonyl (C=O) groups excluding carboxylic acids is 1. The molecule has 4 nitrogen and oxygen atoms in total. The first-order valence-electron chi connectivity index (χ1n) is 3.45. The molecule has 0 aromatic heterocycles. The number of nitrogens with two attached hydrogens (primary N) is 1. The predicted octanol–water partition coefficient (Wildman–Crippen LogP) is -0.262. The highest BCUT2D eigenvalue weighted by Gasteiger charge is 2.32. The second-order valence-corrected chi connectivity index (χ2v) is 2.63. The monoisotopic (exact) mass is 195 g/mol. The minimum absolute atomic E-state index is 0.116. The summed E-state index contributed by atoms with van der Waals surface area (Å²) < 4.78 is 35.4. The van der Waals surface area contributed by atoms with E-state index in [4.69, 9.17) is 5.73 Å². The third kappa shape index (κ3) is 2.94. The number of nitrogens with one attached hydrogen (secondary N) is 1. The van der Waals surface area contributed by atoms with E-state index in [9.17, 15) is 18.0 Å². The highest BCUT2D eigenvalue weighted by Crippen LogP contribution is 2.17. The summed E-state index contributed by atoms with van der Waals surface area (Å²) in [7, 11) is 0. The molecule has 1 rings (SSSR count). The van der Waals surface area contributed by atoms with Crippen LogP contribution in [0, 0.1) is 0 Å². The van der Waals surface area contributed by atoms with Gasteiger partial charge in [0.2, 0.25) is 5.91 Å².